The highest BCUT2D eigenvalue weighted by molar-refractivity contribution is 7.93. The van der Waals surface area contributed by atoms with Gasteiger partial charge in [-0.1, -0.05) is 24.4 Å². The van der Waals surface area contributed by atoms with Crippen molar-refractivity contribution >= 4 is 33.0 Å². The van der Waals surface area contributed by atoms with Crippen molar-refractivity contribution in [1.29, 1.82) is 0 Å². The summed E-state index contributed by atoms with van der Waals surface area (Å²) in [4.78, 5) is 13.4. The molecule has 2 aromatic rings. The van der Waals surface area contributed by atoms with E-state index in [0.29, 0.717) is 35.1 Å². The predicted octanol–water partition coefficient (Wildman–Crippen LogP) is 4.08. The first-order valence-corrected chi connectivity index (χ1v) is 10.7. The number of hydrogen-bond donors (Lipinski definition) is 1. The Morgan fingerprint density at radius 1 is 1.04 bits per heavy atom. The molecule has 0 bridgehead atoms. The highest BCUT2D eigenvalue weighted by Gasteiger charge is 2.53. The Bertz CT molecular complexity index is 967. The summed E-state index contributed by atoms with van der Waals surface area (Å²) in [6.45, 7) is 0. The SMILES string of the molecule is COc1ccc(OC)c(NC(=O)C2(S(=O)(=O)c3ccc(Cl)cc3)CCCC2)c1. The zero-order valence-electron chi connectivity index (χ0n) is 15.7. The van der Waals surface area contributed by atoms with Crippen LogP contribution in [0.5, 0.6) is 11.5 Å². The maximum absolute atomic E-state index is 13.4. The number of methoxy groups -OCH3 is 2. The third-order valence-electron chi connectivity index (χ3n) is 5.12. The molecule has 8 heteroatoms. The van der Waals surface area contributed by atoms with E-state index in [2.05, 4.69) is 5.32 Å². The number of anilines is 1. The number of nitrogens with one attached hydrogen (secondary N) is 1. The van der Waals surface area contributed by atoms with Crippen LogP contribution in [0.1, 0.15) is 25.7 Å². The lowest BCUT2D eigenvalue weighted by Gasteiger charge is -2.28. The lowest BCUT2D eigenvalue weighted by atomic mass is 10.1. The molecule has 0 heterocycles. The van der Waals surface area contributed by atoms with Crippen molar-refractivity contribution in [2.24, 2.45) is 0 Å². The van der Waals surface area contributed by atoms with Crippen LogP contribution < -0.4 is 14.8 Å². The minimum Gasteiger partial charge on any atom is -0.497 e. The van der Waals surface area contributed by atoms with Crippen LogP contribution in [0.3, 0.4) is 0 Å². The van der Waals surface area contributed by atoms with Crippen LogP contribution in [0.2, 0.25) is 5.02 Å². The van der Waals surface area contributed by atoms with Gasteiger partial charge in [0.25, 0.3) is 0 Å². The van der Waals surface area contributed by atoms with Crippen LogP contribution >= 0.6 is 11.6 Å². The Balaban J connectivity index is 2.00. The van der Waals surface area contributed by atoms with E-state index < -0.39 is 20.5 Å². The summed E-state index contributed by atoms with van der Waals surface area (Å²) in [6.07, 6.45) is 1.84. The lowest BCUT2D eigenvalue weighted by Crippen LogP contribution is -2.47. The van der Waals surface area contributed by atoms with Gasteiger partial charge in [-0.05, 0) is 49.2 Å². The summed E-state index contributed by atoms with van der Waals surface area (Å²) in [5.41, 5.74) is 0.365. The molecule has 0 aromatic heterocycles. The fourth-order valence-corrected chi connectivity index (χ4v) is 5.74. The van der Waals surface area contributed by atoms with Crippen molar-refractivity contribution in [3.63, 3.8) is 0 Å². The van der Waals surface area contributed by atoms with Crippen molar-refractivity contribution in [1.82, 2.24) is 0 Å². The van der Waals surface area contributed by atoms with E-state index in [1.807, 2.05) is 0 Å². The van der Waals surface area contributed by atoms with Gasteiger partial charge >= 0.3 is 0 Å². The monoisotopic (exact) mass is 423 g/mol. The minimum atomic E-state index is -3.91. The first-order chi connectivity index (χ1) is 13.3. The molecule has 1 fully saturated rings. The molecule has 1 aliphatic carbocycles. The molecule has 0 spiro atoms. The molecule has 1 amide bonds. The summed E-state index contributed by atoms with van der Waals surface area (Å²) in [6, 6.07) is 10.9. The number of carbonyl (C=O) groups is 1. The quantitative estimate of drug-likeness (QED) is 0.756. The Morgan fingerprint density at radius 2 is 1.68 bits per heavy atom. The number of hydrogen-bond acceptors (Lipinski definition) is 5. The van der Waals surface area contributed by atoms with Gasteiger partial charge in [-0.25, -0.2) is 8.42 Å². The number of ether oxygens (including phenoxy) is 2. The van der Waals surface area contributed by atoms with Crippen LogP contribution in [0.25, 0.3) is 0 Å². The van der Waals surface area contributed by atoms with Crippen molar-refractivity contribution in [2.45, 2.75) is 35.3 Å². The predicted molar refractivity (Wildman–Crippen MR) is 108 cm³/mol. The first kappa shape index (κ1) is 20.5. The number of amides is 1. The maximum atomic E-state index is 13.4. The van der Waals surface area contributed by atoms with Crippen LogP contribution in [-0.4, -0.2) is 33.3 Å². The highest BCUT2D eigenvalue weighted by atomic mass is 35.5. The second-order valence-corrected chi connectivity index (χ2v) is 9.38. The number of carbonyl (C=O) groups excluding carboxylic acids is 1. The molecule has 1 aliphatic rings. The van der Waals surface area contributed by atoms with Crippen LogP contribution in [-0.2, 0) is 14.6 Å². The average Bonchev–Trinajstić information content (AvgIpc) is 3.20. The minimum absolute atomic E-state index is 0.0894. The first-order valence-electron chi connectivity index (χ1n) is 8.88. The van der Waals surface area contributed by atoms with E-state index in [0.717, 1.165) is 0 Å². The van der Waals surface area contributed by atoms with Gasteiger partial charge in [0, 0.05) is 11.1 Å². The Labute approximate surface area is 169 Å². The van der Waals surface area contributed by atoms with E-state index in [-0.39, 0.29) is 17.7 Å². The molecule has 0 saturated heterocycles. The summed E-state index contributed by atoms with van der Waals surface area (Å²) >= 11 is 5.89. The van der Waals surface area contributed by atoms with Crippen molar-refractivity contribution < 1.29 is 22.7 Å². The van der Waals surface area contributed by atoms with E-state index >= 15 is 0 Å². The van der Waals surface area contributed by atoms with Gasteiger partial charge in [0.05, 0.1) is 24.8 Å². The second kappa shape index (κ2) is 8.01. The molecule has 1 saturated carbocycles. The number of halogens is 1. The maximum Gasteiger partial charge on any atom is 0.246 e. The molecule has 28 heavy (non-hydrogen) atoms. The van der Waals surface area contributed by atoms with Gasteiger partial charge in [-0.2, -0.15) is 0 Å². The topological polar surface area (TPSA) is 81.7 Å². The molecular formula is C20H22ClNO5S. The van der Waals surface area contributed by atoms with Crippen molar-refractivity contribution in [3.8, 4) is 11.5 Å². The van der Waals surface area contributed by atoms with Gasteiger partial charge < -0.3 is 14.8 Å². The third-order valence-corrected chi connectivity index (χ3v) is 7.89. The molecule has 0 atom stereocenters. The van der Waals surface area contributed by atoms with Crippen LogP contribution in [0.15, 0.2) is 47.4 Å². The molecule has 0 aliphatic heterocycles. The van der Waals surface area contributed by atoms with Gasteiger partial charge in [0.1, 0.15) is 11.5 Å². The molecule has 150 valence electrons. The Hall–Kier alpha value is -2.25. The van der Waals surface area contributed by atoms with Crippen LogP contribution in [0, 0.1) is 0 Å². The standard InChI is InChI=1S/C20H22ClNO5S/c1-26-15-7-10-18(27-2)17(13-15)22-19(23)20(11-3-4-12-20)28(24,25)16-8-5-14(21)6-9-16/h5-10,13H,3-4,11-12H2,1-2H3,(H,22,23). The molecule has 2 aromatic carbocycles. The number of rotatable bonds is 6. The van der Waals surface area contributed by atoms with Gasteiger partial charge in [-0.3, -0.25) is 4.79 Å². The van der Waals surface area contributed by atoms with Crippen molar-refractivity contribution in [3.05, 3.63) is 47.5 Å². The number of sulfone groups is 1. The molecule has 3 rings (SSSR count). The normalized spacial score (nSPS) is 15.8. The van der Waals surface area contributed by atoms with E-state index in [1.165, 1.54) is 38.5 Å². The summed E-state index contributed by atoms with van der Waals surface area (Å²) < 4.78 is 35.8. The largest absolute Gasteiger partial charge is 0.497 e. The van der Waals surface area contributed by atoms with Gasteiger partial charge in [0.2, 0.25) is 5.91 Å². The molecule has 0 unspecified atom stereocenters. The lowest BCUT2D eigenvalue weighted by molar-refractivity contribution is -0.118. The summed E-state index contributed by atoms with van der Waals surface area (Å²) in [5.74, 6) is 0.384. The van der Waals surface area contributed by atoms with E-state index in [4.69, 9.17) is 21.1 Å². The summed E-state index contributed by atoms with van der Waals surface area (Å²) in [7, 11) is -0.924. The van der Waals surface area contributed by atoms with E-state index in [9.17, 15) is 13.2 Å². The summed E-state index contributed by atoms with van der Waals surface area (Å²) in [5, 5.41) is 3.19. The van der Waals surface area contributed by atoms with Gasteiger partial charge in [0.15, 0.2) is 14.6 Å². The van der Waals surface area contributed by atoms with Gasteiger partial charge in [-0.15, -0.1) is 0 Å². The number of benzene rings is 2. The fraction of sp³-hybridized carbons (Fsp3) is 0.350. The smallest absolute Gasteiger partial charge is 0.246 e. The highest BCUT2D eigenvalue weighted by Crippen LogP contribution is 2.42. The Morgan fingerprint density at radius 3 is 2.25 bits per heavy atom. The zero-order valence-corrected chi connectivity index (χ0v) is 17.3. The third kappa shape index (κ3) is 3.56. The molecule has 0 radical (unpaired) electrons. The zero-order chi connectivity index (χ0) is 20.4. The molecule has 6 nitrogen and oxygen atoms in total. The molecular weight excluding hydrogens is 402 g/mol. The molecule has 1 N–H and O–H groups in total. The van der Waals surface area contributed by atoms with Crippen molar-refractivity contribution in [2.75, 3.05) is 19.5 Å². The second-order valence-electron chi connectivity index (χ2n) is 6.68. The average molecular weight is 424 g/mol. The Kier molecular flexibility index (Phi) is 5.86. The van der Waals surface area contributed by atoms with Crippen LogP contribution in [0.4, 0.5) is 5.69 Å². The van der Waals surface area contributed by atoms with E-state index in [1.54, 1.807) is 18.2 Å². The fourth-order valence-electron chi connectivity index (χ4n) is 3.55.